The zero-order valence-corrected chi connectivity index (χ0v) is 12.9. The Labute approximate surface area is 119 Å². The van der Waals surface area contributed by atoms with Crippen LogP contribution in [0.15, 0.2) is 4.42 Å². The van der Waals surface area contributed by atoms with Crippen LogP contribution in [0.5, 0.6) is 0 Å². The molecule has 0 aliphatic heterocycles. The molecule has 1 unspecified atom stereocenters. The lowest BCUT2D eigenvalue weighted by molar-refractivity contribution is 0.476. The van der Waals surface area contributed by atoms with Crippen LogP contribution >= 0.6 is 0 Å². The number of aryl methyl sites for hydroxylation is 3. The molecule has 0 spiro atoms. The number of tetrazole rings is 1. The fourth-order valence-corrected chi connectivity index (χ4v) is 2.50. The van der Waals surface area contributed by atoms with Crippen molar-refractivity contribution < 1.29 is 4.42 Å². The molecule has 6 nitrogen and oxygen atoms in total. The zero-order valence-electron chi connectivity index (χ0n) is 12.9. The average molecular weight is 277 g/mol. The topological polar surface area (TPSA) is 68.8 Å². The van der Waals surface area contributed by atoms with Crippen LogP contribution in [-0.2, 0) is 13.5 Å². The highest BCUT2D eigenvalue weighted by Gasteiger charge is 2.22. The molecule has 0 fully saturated rings. The van der Waals surface area contributed by atoms with Crippen LogP contribution < -0.4 is 5.32 Å². The molecule has 0 radical (unpaired) electrons. The van der Waals surface area contributed by atoms with Crippen molar-refractivity contribution in [2.45, 2.75) is 46.6 Å². The van der Waals surface area contributed by atoms with E-state index in [0.717, 1.165) is 30.3 Å². The minimum Gasteiger partial charge on any atom is -0.466 e. The Kier molecular flexibility index (Phi) is 4.54. The average Bonchev–Trinajstić information content (AvgIpc) is 2.90. The summed E-state index contributed by atoms with van der Waals surface area (Å²) < 4.78 is 5.75. The Morgan fingerprint density at radius 2 is 2.00 bits per heavy atom. The number of nitrogens with zero attached hydrogens (tertiary/aromatic N) is 4. The third-order valence-electron chi connectivity index (χ3n) is 3.54. The summed E-state index contributed by atoms with van der Waals surface area (Å²) in [6.07, 6.45) is 1.80. The van der Waals surface area contributed by atoms with Crippen LogP contribution in [0.3, 0.4) is 0 Å². The molecule has 0 saturated carbocycles. The van der Waals surface area contributed by atoms with Gasteiger partial charge in [0.1, 0.15) is 11.5 Å². The highest BCUT2D eigenvalue weighted by Crippen LogP contribution is 2.28. The molecule has 6 heteroatoms. The molecule has 0 aliphatic rings. The molecule has 1 atom stereocenters. The van der Waals surface area contributed by atoms with Crippen LogP contribution in [0.2, 0.25) is 0 Å². The fraction of sp³-hybridized carbons (Fsp3) is 0.643. The van der Waals surface area contributed by atoms with E-state index in [9.17, 15) is 0 Å². The van der Waals surface area contributed by atoms with E-state index in [2.05, 4.69) is 34.6 Å². The molecule has 2 aromatic rings. The van der Waals surface area contributed by atoms with Crippen molar-refractivity contribution in [1.29, 1.82) is 0 Å². The van der Waals surface area contributed by atoms with Gasteiger partial charge in [-0.25, -0.2) is 0 Å². The Balaban J connectivity index is 2.26. The maximum atomic E-state index is 5.75. The Bertz CT molecular complexity index is 572. The molecule has 0 bridgehead atoms. The fourth-order valence-electron chi connectivity index (χ4n) is 2.50. The number of hydrogen-bond donors (Lipinski definition) is 1. The molecule has 0 amide bonds. The maximum Gasteiger partial charge on any atom is 0.176 e. The van der Waals surface area contributed by atoms with E-state index in [0.29, 0.717) is 6.42 Å². The summed E-state index contributed by atoms with van der Waals surface area (Å²) in [5, 5.41) is 15.8. The number of hydrogen-bond acceptors (Lipinski definition) is 5. The summed E-state index contributed by atoms with van der Waals surface area (Å²) in [4.78, 5) is 1.49. The van der Waals surface area contributed by atoms with Gasteiger partial charge in [-0.3, -0.25) is 0 Å². The molecule has 0 saturated heterocycles. The Morgan fingerprint density at radius 1 is 1.25 bits per heavy atom. The van der Waals surface area contributed by atoms with Crippen molar-refractivity contribution in [3.8, 4) is 0 Å². The first-order valence-electron chi connectivity index (χ1n) is 7.05. The molecule has 20 heavy (non-hydrogen) atoms. The van der Waals surface area contributed by atoms with Gasteiger partial charge in [-0.2, -0.15) is 4.80 Å². The van der Waals surface area contributed by atoms with Gasteiger partial charge in [-0.1, -0.05) is 6.92 Å². The third kappa shape index (κ3) is 3.07. The molecular formula is C14H23N5O. The second kappa shape index (κ2) is 6.17. The monoisotopic (exact) mass is 277 g/mol. The molecule has 1 N–H and O–H groups in total. The summed E-state index contributed by atoms with van der Waals surface area (Å²) >= 11 is 0. The van der Waals surface area contributed by atoms with Crippen molar-refractivity contribution in [2.24, 2.45) is 7.05 Å². The highest BCUT2D eigenvalue weighted by molar-refractivity contribution is 5.34. The van der Waals surface area contributed by atoms with Gasteiger partial charge in [0, 0.05) is 18.0 Å². The van der Waals surface area contributed by atoms with Crippen LogP contribution in [0.4, 0.5) is 0 Å². The summed E-state index contributed by atoms with van der Waals surface area (Å²) in [7, 11) is 1.78. The van der Waals surface area contributed by atoms with Gasteiger partial charge in [-0.05, 0) is 44.5 Å². The largest absolute Gasteiger partial charge is 0.466 e. The number of furan rings is 1. The lowest BCUT2D eigenvalue weighted by Gasteiger charge is -2.17. The molecule has 2 heterocycles. The first-order valence-corrected chi connectivity index (χ1v) is 7.05. The molecule has 2 rings (SSSR count). The van der Waals surface area contributed by atoms with Gasteiger partial charge in [-0.15, -0.1) is 10.2 Å². The van der Waals surface area contributed by atoms with Gasteiger partial charge in [0.25, 0.3) is 0 Å². The number of aromatic nitrogens is 4. The molecule has 0 aromatic carbocycles. The standard InChI is InChI=1S/C14H23N5O/c1-6-7-15-12(8-13-16-18-19(5)17-13)14-9(2)10(3)20-11(14)4/h12,15H,6-8H2,1-5H3. The molecule has 2 aromatic heterocycles. The van der Waals surface area contributed by atoms with Gasteiger partial charge in [0.2, 0.25) is 0 Å². The van der Waals surface area contributed by atoms with Crippen molar-refractivity contribution >= 4 is 0 Å². The SMILES string of the molecule is CCCNC(Cc1nnn(C)n1)c1c(C)oc(C)c1C. The highest BCUT2D eigenvalue weighted by atomic mass is 16.3. The van der Waals surface area contributed by atoms with Gasteiger partial charge < -0.3 is 9.73 Å². The Morgan fingerprint density at radius 3 is 2.50 bits per heavy atom. The molecule has 110 valence electrons. The zero-order chi connectivity index (χ0) is 14.7. The summed E-state index contributed by atoms with van der Waals surface area (Å²) in [5.41, 5.74) is 2.43. The summed E-state index contributed by atoms with van der Waals surface area (Å²) in [6, 6.07) is 0.164. The van der Waals surface area contributed by atoms with Crippen LogP contribution in [-0.4, -0.2) is 26.8 Å². The predicted octanol–water partition coefficient (Wildman–Crippen LogP) is 2.01. The van der Waals surface area contributed by atoms with E-state index >= 15 is 0 Å². The van der Waals surface area contributed by atoms with Gasteiger partial charge >= 0.3 is 0 Å². The van der Waals surface area contributed by atoms with Crippen molar-refractivity contribution in [2.75, 3.05) is 6.54 Å². The maximum absolute atomic E-state index is 5.75. The lowest BCUT2D eigenvalue weighted by atomic mass is 9.99. The summed E-state index contributed by atoms with van der Waals surface area (Å²) in [6.45, 7) is 9.23. The Hall–Kier alpha value is -1.69. The van der Waals surface area contributed by atoms with Crippen LogP contribution in [0.1, 0.15) is 47.9 Å². The van der Waals surface area contributed by atoms with E-state index in [1.54, 1.807) is 7.05 Å². The predicted molar refractivity (Wildman–Crippen MR) is 76.5 cm³/mol. The first-order chi connectivity index (χ1) is 9.52. The number of nitrogens with one attached hydrogen (secondary N) is 1. The van der Waals surface area contributed by atoms with Crippen molar-refractivity contribution in [3.63, 3.8) is 0 Å². The number of rotatable bonds is 6. The second-order valence-corrected chi connectivity index (χ2v) is 5.16. The minimum absolute atomic E-state index is 0.164. The quantitative estimate of drug-likeness (QED) is 0.874. The van der Waals surface area contributed by atoms with E-state index in [-0.39, 0.29) is 6.04 Å². The molecular weight excluding hydrogens is 254 g/mol. The second-order valence-electron chi connectivity index (χ2n) is 5.16. The lowest BCUT2D eigenvalue weighted by Crippen LogP contribution is -2.25. The first kappa shape index (κ1) is 14.7. The van der Waals surface area contributed by atoms with Crippen molar-refractivity contribution in [3.05, 3.63) is 28.5 Å². The van der Waals surface area contributed by atoms with Crippen LogP contribution in [0, 0.1) is 20.8 Å². The smallest absolute Gasteiger partial charge is 0.176 e. The van der Waals surface area contributed by atoms with E-state index in [1.807, 2.05) is 13.8 Å². The minimum atomic E-state index is 0.164. The van der Waals surface area contributed by atoms with Crippen molar-refractivity contribution in [1.82, 2.24) is 25.5 Å². The van der Waals surface area contributed by atoms with Gasteiger partial charge in [0.15, 0.2) is 5.82 Å². The van der Waals surface area contributed by atoms with E-state index in [4.69, 9.17) is 4.42 Å². The normalized spacial score (nSPS) is 12.8. The van der Waals surface area contributed by atoms with Crippen LogP contribution in [0.25, 0.3) is 0 Å². The third-order valence-corrected chi connectivity index (χ3v) is 3.54. The summed E-state index contributed by atoms with van der Waals surface area (Å²) in [5.74, 6) is 2.70. The van der Waals surface area contributed by atoms with Gasteiger partial charge in [0.05, 0.1) is 7.05 Å². The van der Waals surface area contributed by atoms with E-state index < -0.39 is 0 Å². The molecule has 0 aliphatic carbocycles. The van der Waals surface area contributed by atoms with E-state index in [1.165, 1.54) is 15.9 Å².